The summed E-state index contributed by atoms with van der Waals surface area (Å²) in [6, 6.07) is 45.4. The van der Waals surface area contributed by atoms with Gasteiger partial charge in [0.05, 0.1) is 11.0 Å². The smallest absolute Gasteiger partial charge is 0.0707 e. The predicted octanol–water partition coefficient (Wildman–Crippen LogP) is 12.6. The molecule has 0 radical (unpaired) electrons. The number of anilines is 2. The summed E-state index contributed by atoms with van der Waals surface area (Å²) in [5.41, 5.74) is 13.9. The number of allylic oxidation sites excluding steroid dienone is 5. The summed E-state index contributed by atoms with van der Waals surface area (Å²) >= 11 is 0. The average molecular weight is 624 g/mol. The van der Waals surface area contributed by atoms with Crippen LogP contribution in [0.4, 0.5) is 11.4 Å². The highest BCUT2D eigenvalue weighted by molar-refractivity contribution is 5.89. The second-order valence-electron chi connectivity index (χ2n) is 14.8. The van der Waals surface area contributed by atoms with Gasteiger partial charge in [-0.3, -0.25) is 0 Å². The first-order valence-electron chi connectivity index (χ1n) is 17.6. The molecule has 1 heteroatoms. The van der Waals surface area contributed by atoms with Crippen molar-refractivity contribution in [2.45, 2.75) is 63.8 Å². The van der Waals surface area contributed by atoms with E-state index in [1.165, 1.54) is 75.1 Å². The minimum absolute atomic E-state index is 0.000561. The van der Waals surface area contributed by atoms with E-state index in [0.717, 1.165) is 5.57 Å². The lowest BCUT2D eigenvalue weighted by atomic mass is 9.58. The average Bonchev–Trinajstić information content (AvgIpc) is 3.56. The SMILES string of the molecule is C=C(/C=C\C=C/C)C1(c2ccccc2)c2ccccc2-c2cc(-c3ccc4c(c3)C3CCCC(C)(C)C3(C)N4c3ccccc3)ccc21. The molecule has 0 aromatic heterocycles. The molecular weight excluding hydrogens is 579 g/mol. The largest absolute Gasteiger partial charge is 0.334 e. The van der Waals surface area contributed by atoms with Crippen LogP contribution < -0.4 is 4.90 Å². The van der Waals surface area contributed by atoms with Gasteiger partial charge < -0.3 is 4.90 Å². The number of benzene rings is 5. The molecule has 5 aromatic carbocycles. The van der Waals surface area contributed by atoms with E-state index in [1.54, 1.807) is 0 Å². The zero-order chi connectivity index (χ0) is 33.1. The Hall–Kier alpha value is -4.88. The Kier molecular flexibility index (Phi) is 7.22. The van der Waals surface area contributed by atoms with Crippen molar-refractivity contribution in [1.82, 2.24) is 0 Å². The van der Waals surface area contributed by atoms with E-state index in [9.17, 15) is 0 Å². The predicted molar refractivity (Wildman–Crippen MR) is 204 cm³/mol. The van der Waals surface area contributed by atoms with Crippen LogP contribution in [0.5, 0.6) is 0 Å². The molecule has 1 nitrogen and oxygen atoms in total. The lowest BCUT2D eigenvalue weighted by Crippen LogP contribution is -2.56. The van der Waals surface area contributed by atoms with Gasteiger partial charge in [0.1, 0.15) is 0 Å². The molecule has 1 fully saturated rings. The van der Waals surface area contributed by atoms with E-state index >= 15 is 0 Å². The summed E-state index contributed by atoms with van der Waals surface area (Å²) in [5, 5.41) is 0. The molecular formula is C47H45N. The van der Waals surface area contributed by atoms with Gasteiger partial charge in [0.15, 0.2) is 0 Å². The van der Waals surface area contributed by atoms with Crippen molar-refractivity contribution in [2.24, 2.45) is 5.41 Å². The molecule has 8 rings (SSSR count). The Bertz CT molecular complexity index is 2080. The maximum Gasteiger partial charge on any atom is 0.0707 e. The Morgan fingerprint density at radius 2 is 1.40 bits per heavy atom. The van der Waals surface area contributed by atoms with Gasteiger partial charge in [-0.25, -0.2) is 0 Å². The quantitative estimate of drug-likeness (QED) is 0.170. The van der Waals surface area contributed by atoms with Crippen LogP contribution in [0.2, 0.25) is 0 Å². The van der Waals surface area contributed by atoms with Gasteiger partial charge >= 0.3 is 0 Å². The van der Waals surface area contributed by atoms with E-state index in [-0.39, 0.29) is 11.0 Å². The first kappa shape index (κ1) is 30.5. The molecule has 0 saturated heterocycles. The van der Waals surface area contributed by atoms with Crippen molar-refractivity contribution < 1.29 is 0 Å². The Morgan fingerprint density at radius 1 is 0.729 bits per heavy atom. The zero-order valence-corrected chi connectivity index (χ0v) is 28.7. The third kappa shape index (κ3) is 4.23. The fourth-order valence-corrected chi connectivity index (χ4v) is 9.52. The van der Waals surface area contributed by atoms with Gasteiger partial charge in [0.2, 0.25) is 0 Å². The monoisotopic (exact) mass is 623 g/mol. The van der Waals surface area contributed by atoms with Crippen LogP contribution in [0.25, 0.3) is 22.3 Å². The van der Waals surface area contributed by atoms with Crippen LogP contribution in [-0.2, 0) is 5.41 Å². The van der Waals surface area contributed by atoms with E-state index in [4.69, 9.17) is 6.58 Å². The van der Waals surface area contributed by atoms with Gasteiger partial charge in [-0.2, -0.15) is 0 Å². The van der Waals surface area contributed by atoms with E-state index in [2.05, 4.69) is 178 Å². The number of hydrogen-bond donors (Lipinski definition) is 0. The van der Waals surface area contributed by atoms with Gasteiger partial charge in [-0.1, -0.05) is 142 Å². The molecule has 3 aliphatic rings. The maximum atomic E-state index is 4.74. The lowest BCUT2D eigenvalue weighted by molar-refractivity contribution is 0.101. The molecule has 5 aromatic rings. The van der Waals surface area contributed by atoms with Crippen molar-refractivity contribution in [1.29, 1.82) is 0 Å². The second-order valence-corrected chi connectivity index (χ2v) is 14.8. The minimum Gasteiger partial charge on any atom is -0.334 e. The molecule has 0 spiro atoms. The summed E-state index contributed by atoms with van der Waals surface area (Å²) in [6.45, 7) is 14.3. The highest BCUT2D eigenvalue weighted by atomic mass is 15.3. The molecule has 1 heterocycles. The first-order chi connectivity index (χ1) is 23.3. The topological polar surface area (TPSA) is 3.24 Å². The van der Waals surface area contributed by atoms with Crippen molar-refractivity contribution in [3.05, 3.63) is 180 Å². The molecule has 0 amide bonds. The van der Waals surface area contributed by atoms with Gasteiger partial charge in [0, 0.05) is 17.3 Å². The number of fused-ring (bicyclic) bond motifs is 6. The molecule has 0 bridgehead atoms. The third-order valence-electron chi connectivity index (χ3n) is 12.1. The Morgan fingerprint density at radius 3 is 2.17 bits per heavy atom. The fraction of sp³-hybridized carbons (Fsp3) is 0.234. The molecule has 3 unspecified atom stereocenters. The van der Waals surface area contributed by atoms with Crippen LogP contribution in [-0.4, -0.2) is 5.54 Å². The molecule has 1 saturated carbocycles. The zero-order valence-electron chi connectivity index (χ0n) is 28.7. The number of nitrogens with zero attached hydrogens (tertiary/aromatic N) is 1. The second kappa shape index (κ2) is 11.4. The number of rotatable bonds is 6. The van der Waals surface area contributed by atoms with Crippen molar-refractivity contribution in [2.75, 3.05) is 4.90 Å². The van der Waals surface area contributed by atoms with Crippen molar-refractivity contribution in [3.63, 3.8) is 0 Å². The van der Waals surface area contributed by atoms with E-state index in [1.807, 2.05) is 0 Å². The van der Waals surface area contributed by atoms with E-state index < -0.39 is 5.41 Å². The van der Waals surface area contributed by atoms with Crippen LogP contribution in [0.1, 0.15) is 75.1 Å². The van der Waals surface area contributed by atoms with E-state index in [0.29, 0.717) is 5.92 Å². The van der Waals surface area contributed by atoms with Gasteiger partial charge in [-0.05, 0) is 113 Å². The summed E-state index contributed by atoms with van der Waals surface area (Å²) in [5.74, 6) is 0.476. The summed E-state index contributed by atoms with van der Waals surface area (Å²) in [7, 11) is 0. The molecule has 2 aliphatic carbocycles. The van der Waals surface area contributed by atoms with Gasteiger partial charge in [-0.15, -0.1) is 0 Å². The molecule has 238 valence electrons. The van der Waals surface area contributed by atoms with Crippen molar-refractivity contribution >= 4 is 11.4 Å². The Labute approximate surface area is 287 Å². The molecule has 1 aliphatic heterocycles. The third-order valence-corrected chi connectivity index (χ3v) is 12.1. The lowest BCUT2D eigenvalue weighted by Gasteiger charge is -2.55. The number of para-hydroxylation sites is 1. The van der Waals surface area contributed by atoms with Crippen LogP contribution in [0.3, 0.4) is 0 Å². The van der Waals surface area contributed by atoms with Crippen LogP contribution in [0, 0.1) is 5.41 Å². The van der Waals surface area contributed by atoms with Gasteiger partial charge in [0.25, 0.3) is 0 Å². The Balaban J connectivity index is 1.30. The summed E-state index contributed by atoms with van der Waals surface area (Å²) in [6.07, 6.45) is 12.2. The first-order valence-corrected chi connectivity index (χ1v) is 17.6. The minimum atomic E-state index is -0.465. The highest BCUT2D eigenvalue weighted by Crippen LogP contribution is 2.64. The summed E-state index contributed by atoms with van der Waals surface area (Å²) in [4.78, 5) is 2.68. The molecule has 48 heavy (non-hydrogen) atoms. The summed E-state index contributed by atoms with van der Waals surface area (Å²) < 4.78 is 0. The van der Waals surface area contributed by atoms with Crippen molar-refractivity contribution in [3.8, 4) is 22.3 Å². The fourth-order valence-electron chi connectivity index (χ4n) is 9.52. The molecule has 0 N–H and O–H groups in total. The normalized spacial score (nSPS) is 23.6. The standard InChI is InChI=1S/C47H45N/c1-6-7-10-18-33(2)47(36-19-11-8-12-20-36)42-24-16-15-23-38(42)39-31-34(26-28-43(39)47)35-27-29-44-40(32-35)41-25-17-30-45(3,4)46(41,5)48(44)37-21-13-9-14-22-37/h6-16,18-24,26-29,31-32,41H,2,17,25,30H2,1,3-5H3/b7-6-,18-10-. The number of hydrogen-bond acceptors (Lipinski definition) is 1. The maximum absolute atomic E-state index is 4.74. The highest BCUT2D eigenvalue weighted by Gasteiger charge is 2.58. The van der Waals surface area contributed by atoms with Crippen LogP contribution in [0.15, 0.2) is 158 Å². The molecule has 3 atom stereocenters. The van der Waals surface area contributed by atoms with Crippen LogP contribution >= 0.6 is 0 Å².